The molecule has 192 valence electrons. The quantitative estimate of drug-likeness (QED) is 0.138. The van der Waals surface area contributed by atoms with Crippen LogP contribution in [0.3, 0.4) is 0 Å². The van der Waals surface area contributed by atoms with Crippen LogP contribution in [0.5, 0.6) is 5.75 Å². The van der Waals surface area contributed by atoms with Crippen molar-refractivity contribution in [2.45, 2.75) is 6.54 Å². The van der Waals surface area contributed by atoms with Gasteiger partial charge in [0.15, 0.2) is 5.82 Å². The van der Waals surface area contributed by atoms with Crippen molar-refractivity contribution < 1.29 is 24.3 Å². The Morgan fingerprint density at radius 1 is 1.05 bits per heavy atom. The number of anilines is 1. The van der Waals surface area contributed by atoms with Gasteiger partial charge in [-0.05, 0) is 29.2 Å². The van der Waals surface area contributed by atoms with Gasteiger partial charge in [-0.1, -0.05) is 42.5 Å². The maximum absolute atomic E-state index is 11.9. The topological polar surface area (TPSA) is 168 Å². The highest BCUT2D eigenvalue weighted by molar-refractivity contribution is 6.58. The van der Waals surface area contributed by atoms with E-state index in [1.165, 1.54) is 0 Å². The highest BCUT2D eigenvalue weighted by Crippen LogP contribution is 2.33. The first-order valence-electron chi connectivity index (χ1n) is 11.8. The molecule has 0 aliphatic carbocycles. The number of nitrogens with one attached hydrogen (secondary N) is 2. The van der Waals surface area contributed by atoms with Crippen molar-refractivity contribution in [2.75, 3.05) is 25.6 Å². The van der Waals surface area contributed by atoms with Gasteiger partial charge in [0, 0.05) is 24.4 Å². The van der Waals surface area contributed by atoms with Gasteiger partial charge in [-0.25, -0.2) is 9.97 Å². The number of H-pyrrole nitrogens is 1. The van der Waals surface area contributed by atoms with Crippen molar-refractivity contribution in [1.82, 2.24) is 20.2 Å². The van der Waals surface area contributed by atoms with Crippen LogP contribution in [-0.4, -0.2) is 63.6 Å². The Labute approximate surface area is 217 Å². The third-order valence-corrected chi connectivity index (χ3v) is 6.02. The molecule has 1 amide bonds. The second-order valence-electron chi connectivity index (χ2n) is 8.53. The zero-order chi connectivity index (χ0) is 26.6. The number of rotatable bonds is 10. The van der Waals surface area contributed by atoms with E-state index < -0.39 is 13.0 Å². The monoisotopic (exact) mass is 512 g/mol. The van der Waals surface area contributed by atoms with Crippen molar-refractivity contribution in [3.05, 3.63) is 71.8 Å². The van der Waals surface area contributed by atoms with Crippen LogP contribution in [0, 0.1) is 0 Å². The fourth-order valence-corrected chi connectivity index (χ4v) is 4.19. The molecule has 6 N–H and O–H groups in total. The number of ether oxygens (including phenoxy) is 2. The molecule has 0 unspecified atom stereocenters. The van der Waals surface area contributed by atoms with Crippen LogP contribution in [0.25, 0.3) is 33.3 Å². The minimum absolute atomic E-state index is 0.315. The molecule has 5 aromatic rings. The Hall–Kier alpha value is -4.52. The molecule has 12 heteroatoms. The lowest BCUT2D eigenvalue weighted by atomic mass is 9.80. The number of benzene rings is 3. The van der Waals surface area contributed by atoms with Gasteiger partial charge in [0.25, 0.3) is 5.91 Å². The number of fused-ring (bicyclic) bond motifs is 2. The molecule has 11 nitrogen and oxygen atoms in total. The molecule has 5 rings (SSSR count). The van der Waals surface area contributed by atoms with E-state index >= 15 is 0 Å². The van der Waals surface area contributed by atoms with Crippen LogP contribution in [0.1, 0.15) is 15.9 Å². The Balaban J connectivity index is 1.61. The van der Waals surface area contributed by atoms with E-state index in [2.05, 4.69) is 15.5 Å². The van der Waals surface area contributed by atoms with E-state index in [4.69, 9.17) is 25.2 Å². The van der Waals surface area contributed by atoms with Gasteiger partial charge in [0.2, 0.25) is 0 Å². The summed E-state index contributed by atoms with van der Waals surface area (Å²) in [5.74, 6) is 0.820. The van der Waals surface area contributed by atoms with Crippen LogP contribution in [0.4, 0.5) is 5.82 Å². The summed E-state index contributed by atoms with van der Waals surface area (Å²) in [5, 5.41) is 31.1. The summed E-state index contributed by atoms with van der Waals surface area (Å²) in [5.41, 5.74) is 8.59. The SMILES string of the molecule is COCCOc1cccc2c(NCc3cccc(B(O)O)c3)nc(-c3n[nH]c4c(C(N)=O)cccc34)nc12. The van der Waals surface area contributed by atoms with Crippen LogP contribution in [-0.2, 0) is 11.3 Å². The van der Waals surface area contributed by atoms with E-state index in [0.717, 1.165) is 10.9 Å². The highest BCUT2D eigenvalue weighted by atomic mass is 16.5. The molecule has 0 saturated carbocycles. The second-order valence-corrected chi connectivity index (χ2v) is 8.53. The molecule has 2 heterocycles. The average Bonchev–Trinajstić information content (AvgIpc) is 3.36. The van der Waals surface area contributed by atoms with Crippen molar-refractivity contribution >= 4 is 46.1 Å². The van der Waals surface area contributed by atoms with E-state index in [0.29, 0.717) is 70.3 Å². The van der Waals surface area contributed by atoms with Crippen molar-refractivity contribution in [2.24, 2.45) is 5.73 Å². The Kier molecular flexibility index (Phi) is 7.18. The predicted octanol–water partition coefficient (Wildman–Crippen LogP) is 1.59. The first-order valence-corrected chi connectivity index (χ1v) is 11.8. The summed E-state index contributed by atoms with van der Waals surface area (Å²) in [7, 11) is 0.0363. The molecule has 0 fully saturated rings. The van der Waals surface area contributed by atoms with Gasteiger partial charge >= 0.3 is 7.12 Å². The lowest BCUT2D eigenvalue weighted by Gasteiger charge is -2.14. The molecular weight excluding hydrogens is 487 g/mol. The molecule has 0 aliphatic heterocycles. The van der Waals surface area contributed by atoms with Crippen LogP contribution in [0.2, 0.25) is 0 Å². The summed E-state index contributed by atoms with van der Waals surface area (Å²) < 4.78 is 11.1. The smallest absolute Gasteiger partial charge is 0.488 e. The van der Waals surface area contributed by atoms with Crippen LogP contribution >= 0.6 is 0 Å². The van der Waals surface area contributed by atoms with Gasteiger partial charge < -0.3 is 30.6 Å². The Morgan fingerprint density at radius 2 is 1.84 bits per heavy atom. The lowest BCUT2D eigenvalue weighted by molar-refractivity contribution is 0.100. The second kappa shape index (κ2) is 10.8. The highest BCUT2D eigenvalue weighted by Gasteiger charge is 2.19. The minimum atomic E-state index is -1.56. The molecule has 38 heavy (non-hydrogen) atoms. The zero-order valence-corrected chi connectivity index (χ0v) is 20.5. The number of aromatic nitrogens is 4. The number of methoxy groups -OCH3 is 1. The van der Waals surface area contributed by atoms with Gasteiger partial charge in [-0.15, -0.1) is 0 Å². The van der Waals surface area contributed by atoms with Gasteiger partial charge in [-0.2, -0.15) is 5.10 Å². The number of nitrogens with zero attached hydrogens (tertiary/aromatic N) is 3. The number of aromatic amines is 1. The maximum Gasteiger partial charge on any atom is 0.488 e. The normalized spacial score (nSPS) is 11.1. The molecule has 0 saturated heterocycles. The van der Waals surface area contributed by atoms with E-state index in [1.54, 1.807) is 37.4 Å². The Bertz CT molecular complexity index is 1620. The van der Waals surface area contributed by atoms with Crippen molar-refractivity contribution in [3.63, 3.8) is 0 Å². The lowest BCUT2D eigenvalue weighted by Crippen LogP contribution is -2.30. The summed E-state index contributed by atoms with van der Waals surface area (Å²) in [6.45, 7) is 1.10. The maximum atomic E-state index is 11.9. The predicted molar refractivity (Wildman–Crippen MR) is 144 cm³/mol. The number of para-hydroxylation sites is 2. The Morgan fingerprint density at radius 3 is 2.63 bits per heavy atom. The molecule has 2 aromatic heterocycles. The van der Waals surface area contributed by atoms with Gasteiger partial charge in [0.1, 0.15) is 29.4 Å². The largest absolute Gasteiger partial charge is 0.489 e. The molecule has 0 bridgehead atoms. The average molecular weight is 512 g/mol. The molecule has 0 spiro atoms. The standard InChI is InChI=1S/C26H25BN6O5/c1-37-11-12-38-20-10-4-9-19-22(20)30-26(23-17-7-3-8-18(24(28)34)21(17)32-33-23)31-25(19)29-14-15-5-2-6-16(13-15)27(35)36/h2-10,13,35-36H,11-12,14H2,1H3,(H2,28,34)(H,32,33)(H,29,30,31). The summed E-state index contributed by atoms with van der Waals surface area (Å²) >= 11 is 0. The summed E-state index contributed by atoms with van der Waals surface area (Å²) in [6.07, 6.45) is 0. The fourth-order valence-electron chi connectivity index (χ4n) is 4.19. The number of carbonyl (C=O) groups excluding carboxylic acids is 1. The number of nitrogens with two attached hydrogens (primary N) is 1. The fraction of sp³-hybridized carbons (Fsp3) is 0.154. The summed E-state index contributed by atoms with van der Waals surface area (Å²) in [6, 6.07) is 17.7. The number of amides is 1. The zero-order valence-electron chi connectivity index (χ0n) is 20.5. The van der Waals surface area contributed by atoms with E-state index in [9.17, 15) is 14.8 Å². The van der Waals surface area contributed by atoms with Gasteiger partial charge in [-0.3, -0.25) is 9.89 Å². The molecule has 0 radical (unpaired) electrons. The third-order valence-electron chi connectivity index (χ3n) is 6.02. The van der Waals surface area contributed by atoms with E-state index in [-0.39, 0.29) is 0 Å². The minimum Gasteiger partial charge on any atom is -0.489 e. The number of hydrogen-bond acceptors (Lipinski definition) is 9. The molecule has 3 aromatic carbocycles. The van der Waals surface area contributed by atoms with Crippen molar-refractivity contribution in [3.8, 4) is 17.3 Å². The molecule has 0 aliphatic rings. The first kappa shape index (κ1) is 25.1. The molecule has 0 atom stereocenters. The summed E-state index contributed by atoms with van der Waals surface area (Å²) in [4.78, 5) is 21.5. The third kappa shape index (κ3) is 5.00. The number of hydrogen-bond donors (Lipinski definition) is 5. The first-order chi connectivity index (χ1) is 18.5. The molecular formula is C26H25BN6O5. The van der Waals surface area contributed by atoms with Gasteiger partial charge in [0.05, 0.1) is 17.7 Å². The van der Waals surface area contributed by atoms with Crippen LogP contribution < -0.4 is 21.3 Å². The van der Waals surface area contributed by atoms with Crippen LogP contribution in [0.15, 0.2) is 60.7 Å². The van der Waals surface area contributed by atoms with E-state index in [1.807, 2.05) is 30.3 Å². The van der Waals surface area contributed by atoms with Crippen molar-refractivity contribution in [1.29, 1.82) is 0 Å². The number of carbonyl (C=O) groups is 1. The number of primary amides is 1.